The zero-order valence-corrected chi connectivity index (χ0v) is 14.9. The summed E-state index contributed by atoms with van der Waals surface area (Å²) in [6.45, 7) is 2.18. The van der Waals surface area contributed by atoms with Crippen molar-refractivity contribution in [2.75, 3.05) is 32.6 Å². The van der Waals surface area contributed by atoms with E-state index in [1.807, 2.05) is 31.4 Å². The van der Waals surface area contributed by atoms with E-state index < -0.39 is 0 Å². The minimum Gasteiger partial charge on any atom is -0.354 e. The minimum absolute atomic E-state index is 0.541. The molecular formula is C15H22ClN5S. The Hall–Kier alpha value is -1.11. The van der Waals surface area contributed by atoms with Gasteiger partial charge >= 0.3 is 0 Å². The number of aryl methyl sites for hydroxylation is 1. The maximum atomic E-state index is 6.31. The Morgan fingerprint density at radius 3 is 2.91 bits per heavy atom. The lowest BCUT2D eigenvalue weighted by molar-refractivity contribution is 0.286. The molecule has 7 heteroatoms. The van der Waals surface area contributed by atoms with Gasteiger partial charge in [-0.2, -0.15) is 0 Å². The Morgan fingerprint density at radius 1 is 1.45 bits per heavy atom. The molecule has 0 amide bonds. The predicted molar refractivity (Wildman–Crippen MR) is 92.9 cm³/mol. The van der Waals surface area contributed by atoms with Crippen molar-refractivity contribution >= 4 is 28.1 Å². The van der Waals surface area contributed by atoms with Crippen molar-refractivity contribution in [3.05, 3.63) is 17.5 Å². The number of rotatable bonds is 5. The molecule has 1 saturated heterocycles. The molecule has 1 atom stereocenters. The zero-order chi connectivity index (χ0) is 15.7. The quantitative estimate of drug-likeness (QED) is 0.838. The van der Waals surface area contributed by atoms with Gasteiger partial charge in [0.1, 0.15) is 4.88 Å². The molecule has 0 saturated carbocycles. The van der Waals surface area contributed by atoms with E-state index in [1.54, 1.807) is 11.3 Å². The number of hydrogen-bond acceptors (Lipinski definition) is 5. The fraction of sp³-hybridized carbons (Fsp3) is 0.600. The summed E-state index contributed by atoms with van der Waals surface area (Å²) in [5.41, 5.74) is 0. The number of hydrogen-bond donors (Lipinski definition) is 0. The van der Waals surface area contributed by atoms with Crippen LogP contribution < -0.4 is 4.90 Å². The van der Waals surface area contributed by atoms with Gasteiger partial charge in [0.25, 0.3) is 0 Å². The van der Waals surface area contributed by atoms with Crippen LogP contribution in [-0.4, -0.2) is 53.2 Å². The van der Waals surface area contributed by atoms with Gasteiger partial charge in [-0.3, -0.25) is 0 Å². The van der Waals surface area contributed by atoms with Gasteiger partial charge in [0, 0.05) is 39.1 Å². The van der Waals surface area contributed by atoms with Gasteiger partial charge in [0.05, 0.1) is 0 Å². The lowest BCUT2D eigenvalue weighted by atomic mass is 10.1. The van der Waals surface area contributed by atoms with E-state index in [0.717, 1.165) is 28.8 Å². The Balaban J connectivity index is 1.77. The number of anilines is 1. The SMILES string of the molecule is CN(C)c1nc(Cl)c(-c2nccn2CC[C@@H]2CCCN2C)s1. The van der Waals surface area contributed by atoms with E-state index in [0.29, 0.717) is 11.2 Å². The highest BCUT2D eigenvalue weighted by Crippen LogP contribution is 2.36. The molecule has 0 spiro atoms. The van der Waals surface area contributed by atoms with Crippen molar-refractivity contribution in [1.82, 2.24) is 19.4 Å². The van der Waals surface area contributed by atoms with E-state index >= 15 is 0 Å². The van der Waals surface area contributed by atoms with Crippen molar-refractivity contribution in [3.8, 4) is 10.7 Å². The molecule has 22 heavy (non-hydrogen) atoms. The Bertz CT molecular complexity index is 636. The maximum Gasteiger partial charge on any atom is 0.186 e. The maximum absolute atomic E-state index is 6.31. The molecule has 1 aliphatic heterocycles. The lowest BCUT2D eigenvalue weighted by Crippen LogP contribution is -2.26. The Kier molecular flexibility index (Phi) is 4.70. The van der Waals surface area contributed by atoms with Gasteiger partial charge in [0.2, 0.25) is 0 Å². The van der Waals surface area contributed by atoms with E-state index in [-0.39, 0.29) is 0 Å². The van der Waals surface area contributed by atoms with Crippen LogP contribution >= 0.6 is 22.9 Å². The summed E-state index contributed by atoms with van der Waals surface area (Å²) in [5, 5.41) is 1.45. The number of halogens is 1. The standard InChI is InChI=1S/C15H22ClN5S/c1-19(2)15-18-13(16)12(22-15)14-17-7-10-21(14)9-6-11-5-4-8-20(11)3/h7,10-11H,4-6,8-9H2,1-3H3/t11-/m0/s1. The average molecular weight is 340 g/mol. The summed E-state index contributed by atoms with van der Waals surface area (Å²) >= 11 is 7.90. The molecule has 1 fully saturated rings. The molecule has 2 aromatic rings. The van der Waals surface area contributed by atoms with Crippen LogP contribution in [0.1, 0.15) is 19.3 Å². The van der Waals surface area contributed by atoms with Gasteiger partial charge < -0.3 is 14.4 Å². The largest absolute Gasteiger partial charge is 0.354 e. The zero-order valence-electron chi connectivity index (χ0n) is 13.3. The number of nitrogens with zero attached hydrogens (tertiary/aromatic N) is 5. The molecule has 3 rings (SSSR count). The first-order valence-corrected chi connectivity index (χ1v) is 8.81. The summed E-state index contributed by atoms with van der Waals surface area (Å²) in [4.78, 5) is 14.3. The van der Waals surface area contributed by atoms with Crippen LogP contribution in [0.3, 0.4) is 0 Å². The van der Waals surface area contributed by atoms with Crippen molar-refractivity contribution in [2.24, 2.45) is 0 Å². The van der Waals surface area contributed by atoms with Crippen LogP contribution in [0.4, 0.5) is 5.13 Å². The van der Waals surface area contributed by atoms with Crippen molar-refractivity contribution in [2.45, 2.75) is 31.8 Å². The van der Waals surface area contributed by atoms with Crippen LogP contribution in [0.25, 0.3) is 10.7 Å². The second kappa shape index (κ2) is 6.56. The molecule has 5 nitrogen and oxygen atoms in total. The van der Waals surface area contributed by atoms with E-state index in [9.17, 15) is 0 Å². The molecule has 120 valence electrons. The van der Waals surface area contributed by atoms with Crippen LogP contribution in [0.2, 0.25) is 5.15 Å². The third-order valence-corrected chi connectivity index (χ3v) is 5.86. The lowest BCUT2D eigenvalue weighted by Gasteiger charge is -2.19. The van der Waals surface area contributed by atoms with Crippen molar-refractivity contribution < 1.29 is 0 Å². The second-order valence-electron chi connectivity index (χ2n) is 6.02. The van der Waals surface area contributed by atoms with Crippen LogP contribution in [-0.2, 0) is 6.54 Å². The Labute approximate surface area is 140 Å². The molecular weight excluding hydrogens is 318 g/mol. The number of imidazole rings is 1. The monoisotopic (exact) mass is 339 g/mol. The Morgan fingerprint density at radius 2 is 2.27 bits per heavy atom. The average Bonchev–Trinajstić information content (AvgIpc) is 3.16. The van der Waals surface area contributed by atoms with Crippen LogP contribution in [0.5, 0.6) is 0 Å². The minimum atomic E-state index is 0.541. The highest BCUT2D eigenvalue weighted by Gasteiger charge is 2.22. The molecule has 2 aromatic heterocycles. The predicted octanol–water partition coefficient (Wildman–Crippen LogP) is 3.21. The second-order valence-corrected chi connectivity index (χ2v) is 7.36. The number of thiazole rings is 1. The van der Waals surface area contributed by atoms with Gasteiger partial charge in [-0.25, -0.2) is 9.97 Å². The summed E-state index contributed by atoms with van der Waals surface area (Å²) in [6, 6.07) is 0.685. The smallest absolute Gasteiger partial charge is 0.186 e. The summed E-state index contributed by atoms with van der Waals surface area (Å²) in [7, 11) is 6.17. The van der Waals surface area contributed by atoms with E-state index in [1.165, 1.54) is 19.4 Å². The van der Waals surface area contributed by atoms with Crippen molar-refractivity contribution in [1.29, 1.82) is 0 Å². The molecule has 0 bridgehead atoms. The van der Waals surface area contributed by atoms with Gasteiger partial charge in [-0.1, -0.05) is 22.9 Å². The molecule has 0 unspecified atom stereocenters. The van der Waals surface area contributed by atoms with Crippen LogP contribution in [0, 0.1) is 0 Å². The molecule has 0 aromatic carbocycles. The first kappa shape index (κ1) is 15.8. The fourth-order valence-corrected chi connectivity index (χ4v) is 4.17. The molecule has 0 N–H and O–H groups in total. The number of likely N-dealkylation sites (tertiary alicyclic amines) is 1. The molecule has 0 aliphatic carbocycles. The normalized spacial score (nSPS) is 19.0. The van der Waals surface area contributed by atoms with Crippen LogP contribution in [0.15, 0.2) is 12.4 Å². The third-order valence-electron chi connectivity index (χ3n) is 4.25. The van der Waals surface area contributed by atoms with Crippen molar-refractivity contribution in [3.63, 3.8) is 0 Å². The van der Waals surface area contributed by atoms with E-state index in [2.05, 4.69) is 26.5 Å². The highest BCUT2D eigenvalue weighted by molar-refractivity contribution is 7.19. The van der Waals surface area contributed by atoms with Gasteiger partial charge in [-0.05, 0) is 32.9 Å². The van der Waals surface area contributed by atoms with E-state index in [4.69, 9.17) is 11.6 Å². The third kappa shape index (κ3) is 3.14. The first-order chi connectivity index (χ1) is 10.6. The number of aromatic nitrogens is 3. The molecule has 1 aliphatic rings. The fourth-order valence-electron chi connectivity index (χ4n) is 2.95. The molecule has 0 radical (unpaired) electrons. The molecule has 3 heterocycles. The first-order valence-electron chi connectivity index (χ1n) is 7.61. The summed E-state index contributed by atoms with van der Waals surface area (Å²) in [5.74, 6) is 0.927. The summed E-state index contributed by atoms with van der Waals surface area (Å²) < 4.78 is 2.20. The highest BCUT2D eigenvalue weighted by atomic mass is 35.5. The topological polar surface area (TPSA) is 37.2 Å². The van der Waals surface area contributed by atoms with Gasteiger partial charge in [0.15, 0.2) is 16.1 Å². The summed E-state index contributed by atoms with van der Waals surface area (Å²) in [6.07, 6.45) is 7.64. The van der Waals surface area contributed by atoms with Gasteiger partial charge in [-0.15, -0.1) is 0 Å².